The second-order valence-corrected chi connectivity index (χ2v) is 4.89. The zero-order valence-electron chi connectivity index (χ0n) is 12.5. The molecule has 0 amide bonds. The highest BCUT2D eigenvalue weighted by Gasteiger charge is 2.05. The number of aromatic nitrogens is 2. The van der Waals surface area contributed by atoms with E-state index in [2.05, 4.69) is 26.7 Å². The average Bonchev–Trinajstić information content (AvgIpc) is 2.48. The van der Waals surface area contributed by atoms with Crippen LogP contribution in [0.15, 0.2) is 58.3 Å². The number of aryl methyl sites for hydroxylation is 1. The molecule has 0 aliphatic rings. The lowest BCUT2D eigenvalue weighted by atomic mass is 10.1. The fourth-order valence-electron chi connectivity index (χ4n) is 1.83. The number of hydrogen-bond acceptors (Lipinski definition) is 3. The molecule has 0 saturated carbocycles. The van der Waals surface area contributed by atoms with Gasteiger partial charge in [-0.05, 0) is 39.6 Å². The lowest BCUT2D eigenvalue weighted by Crippen LogP contribution is -1.97. The minimum atomic E-state index is 0.601. The van der Waals surface area contributed by atoms with E-state index in [0.29, 0.717) is 5.84 Å². The Morgan fingerprint density at radius 2 is 2.05 bits per heavy atom. The molecule has 2 rings (SSSR count). The summed E-state index contributed by atoms with van der Waals surface area (Å²) in [6.45, 7) is 9.45. The van der Waals surface area contributed by atoms with Crippen LogP contribution in [0.4, 0.5) is 0 Å². The van der Waals surface area contributed by atoms with Crippen LogP contribution in [0.5, 0.6) is 0 Å². The smallest absolute Gasteiger partial charge is 0.158 e. The van der Waals surface area contributed by atoms with Gasteiger partial charge < -0.3 is 0 Å². The Balaban J connectivity index is 2.44. The molecule has 1 aromatic heterocycles. The Morgan fingerprint density at radius 1 is 1.24 bits per heavy atom. The van der Waals surface area contributed by atoms with Crippen LogP contribution in [0.1, 0.15) is 25.2 Å². The zero-order chi connectivity index (χ0) is 15.2. The molecule has 4 heteroatoms. The number of allylic oxidation sites excluding steroid dienone is 1. The van der Waals surface area contributed by atoms with Crippen LogP contribution in [0.25, 0.3) is 11.3 Å². The fraction of sp³-hybridized carbons (Fsp3) is 0.176. The largest absolute Gasteiger partial charge is 0.245 e. The Bertz CT molecular complexity index is 710. The first-order valence-corrected chi connectivity index (χ1v) is 6.68. The van der Waals surface area contributed by atoms with Gasteiger partial charge in [0, 0.05) is 23.5 Å². The number of hydrogen-bond donors (Lipinski definition) is 0. The van der Waals surface area contributed by atoms with Crippen LogP contribution in [0.3, 0.4) is 0 Å². The highest BCUT2D eigenvalue weighted by atomic mass is 14.9. The maximum Gasteiger partial charge on any atom is 0.158 e. The number of nitrogens with zero attached hydrogens (tertiary/aromatic N) is 4. The molecular weight excluding hydrogens is 260 g/mol. The molecule has 0 unspecified atom stereocenters. The Hall–Kier alpha value is -2.62. The Morgan fingerprint density at radius 3 is 2.71 bits per heavy atom. The first kappa shape index (κ1) is 14.8. The van der Waals surface area contributed by atoms with Crippen molar-refractivity contribution in [1.29, 1.82) is 0 Å². The molecule has 2 aromatic rings. The number of amidine groups is 1. The topological polar surface area (TPSA) is 50.5 Å². The van der Waals surface area contributed by atoms with E-state index in [4.69, 9.17) is 0 Å². The first-order valence-electron chi connectivity index (χ1n) is 6.68. The number of benzene rings is 1. The van der Waals surface area contributed by atoms with Crippen molar-refractivity contribution in [2.45, 2.75) is 20.8 Å². The Labute approximate surface area is 125 Å². The lowest BCUT2D eigenvalue weighted by Gasteiger charge is -2.05. The van der Waals surface area contributed by atoms with E-state index in [9.17, 15) is 0 Å². The van der Waals surface area contributed by atoms with Crippen LogP contribution >= 0.6 is 0 Å². The first-order chi connectivity index (χ1) is 10.1. The zero-order valence-corrected chi connectivity index (χ0v) is 12.5. The summed E-state index contributed by atoms with van der Waals surface area (Å²) in [5.41, 5.74) is 3.91. The van der Waals surface area contributed by atoms with Gasteiger partial charge in [-0.2, -0.15) is 0 Å². The Kier molecular flexibility index (Phi) is 4.72. The number of aliphatic imine (C=N–C) groups is 2. The van der Waals surface area contributed by atoms with E-state index >= 15 is 0 Å². The quantitative estimate of drug-likeness (QED) is 0.633. The molecule has 0 aliphatic carbocycles. The van der Waals surface area contributed by atoms with Gasteiger partial charge in [-0.15, -0.1) is 0 Å². The van der Waals surface area contributed by atoms with Crippen molar-refractivity contribution < 1.29 is 0 Å². The third-order valence-corrected chi connectivity index (χ3v) is 2.79. The molecule has 0 spiro atoms. The van der Waals surface area contributed by atoms with E-state index in [1.807, 2.05) is 51.1 Å². The van der Waals surface area contributed by atoms with Crippen molar-refractivity contribution in [3.05, 3.63) is 59.7 Å². The maximum absolute atomic E-state index is 4.43. The van der Waals surface area contributed by atoms with E-state index in [0.717, 1.165) is 28.2 Å². The number of rotatable bonds is 3. The summed E-state index contributed by atoms with van der Waals surface area (Å²) in [5.74, 6) is 1.35. The van der Waals surface area contributed by atoms with Gasteiger partial charge in [0.15, 0.2) is 5.84 Å². The van der Waals surface area contributed by atoms with E-state index < -0.39 is 0 Å². The molecule has 0 radical (unpaired) electrons. The summed E-state index contributed by atoms with van der Waals surface area (Å²) in [4.78, 5) is 16.9. The predicted octanol–water partition coefficient (Wildman–Crippen LogP) is 3.82. The minimum Gasteiger partial charge on any atom is -0.245 e. The second-order valence-electron chi connectivity index (χ2n) is 4.89. The fourth-order valence-corrected chi connectivity index (χ4v) is 1.83. The van der Waals surface area contributed by atoms with E-state index in [1.54, 1.807) is 12.4 Å². The van der Waals surface area contributed by atoms with Gasteiger partial charge in [-0.25, -0.2) is 20.0 Å². The molecule has 0 N–H and O–H groups in total. The van der Waals surface area contributed by atoms with Crippen molar-refractivity contribution in [1.82, 2.24) is 9.97 Å². The second kappa shape index (κ2) is 6.70. The van der Waals surface area contributed by atoms with Crippen LogP contribution in [-0.2, 0) is 0 Å². The van der Waals surface area contributed by atoms with Gasteiger partial charge in [0.2, 0.25) is 0 Å². The molecular formula is C17H18N4. The molecule has 106 valence electrons. The molecule has 1 aromatic carbocycles. The van der Waals surface area contributed by atoms with Gasteiger partial charge in [0.1, 0.15) is 5.82 Å². The molecule has 0 saturated heterocycles. The molecule has 4 nitrogen and oxygen atoms in total. The lowest BCUT2D eigenvalue weighted by molar-refractivity contribution is 1.06. The molecule has 0 bridgehead atoms. The normalized spacial score (nSPS) is 11.1. The maximum atomic E-state index is 4.43. The standard InChI is InChI=1S/C17H18N4/c1-12(2)11-20-17(18-4)15-7-5-6-14(10-15)16-8-9-19-13(3)21-16/h5-11H,4H2,1-3H3/b20-17-. The van der Waals surface area contributed by atoms with Crippen LogP contribution in [0.2, 0.25) is 0 Å². The van der Waals surface area contributed by atoms with Crippen molar-refractivity contribution in [3.8, 4) is 11.3 Å². The van der Waals surface area contributed by atoms with Gasteiger partial charge in [-0.1, -0.05) is 23.8 Å². The van der Waals surface area contributed by atoms with Crippen molar-refractivity contribution >= 4 is 12.6 Å². The van der Waals surface area contributed by atoms with Crippen LogP contribution in [-0.4, -0.2) is 22.5 Å². The monoisotopic (exact) mass is 278 g/mol. The molecule has 21 heavy (non-hydrogen) atoms. The van der Waals surface area contributed by atoms with E-state index in [-0.39, 0.29) is 0 Å². The van der Waals surface area contributed by atoms with Crippen LogP contribution in [0, 0.1) is 6.92 Å². The third-order valence-electron chi connectivity index (χ3n) is 2.79. The summed E-state index contributed by atoms with van der Waals surface area (Å²) in [6.07, 6.45) is 3.54. The highest BCUT2D eigenvalue weighted by Crippen LogP contribution is 2.18. The van der Waals surface area contributed by atoms with Gasteiger partial charge in [0.05, 0.1) is 5.69 Å². The van der Waals surface area contributed by atoms with Crippen molar-refractivity contribution in [3.63, 3.8) is 0 Å². The third kappa shape index (κ3) is 3.92. The van der Waals surface area contributed by atoms with Gasteiger partial charge in [-0.3, -0.25) is 0 Å². The minimum absolute atomic E-state index is 0.601. The molecule has 0 aliphatic heterocycles. The van der Waals surface area contributed by atoms with Crippen molar-refractivity contribution in [2.75, 3.05) is 0 Å². The van der Waals surface area contributed by atoms with Crippen molar-refractivity contribution in [2.24, 2.45) is 9.98 Å². The summed E-state index contributed by atoms with van der Waals surface area (Å²) in [6, 6.07) is 9.83. The predicted molar refractivity (Wildman–Crippen MR) is 87.7 cm³/mol. The highest BCUT2D eigenvalue weighted by molar-refractivity contribution is 6.02. The van der Waals surface area contributed by atoms with Gasteiger partial charge >= 0.3 is 0 Å². The SMILES string of the molecule is C=N/C(=N\C=C(C)C)c1cccc(-c2ccnc(C)n2)c1. The molecule has 1 heterocycles. The van der Waals surface area contributed by atoms with Gasteiger partial charge in [0.25, 0.3) is 0 Å². The summed E-state index contributed by atoms with van der Waals surface area (Å²) >= 11 is 0. The van der Waals surface area contributed by atoms with Crippen LogP contribution < -0.4 is 0 Å². The summed E-state index contributed by atoms with van der Waals surface area (Å²) in [7, 11) is 0. The summed E-state index contributed by atoms with van der Waals surface area (Å²) < 4.78 is 0. The van der Waals surface area contributed by atoms with E-state index in [1.165, 1.54) is 0 Å². The average molecular weight is 278 g/mol. The summed E-state index contributed by atoms with van der Waals surface area (Å²) in [5, 5.41) is 0. The molecule has 0 fully saturated rings. The molecule has 0 atom stereocenters.